The predicted octanol–water partition coefficient (Wildman–Crippen LogP) is 11.5. The lowest BCUT2D eigenvalue weighted by molar-refractivity contribution is 1.11. The molecule has 0 unspecified atom stereocenters. The number of aromatic nitrogens is 2. The minimum atomic E-state index is 0.937. The van der Waals surface area contributed by atoms with Gasteiger partial charge < -0.3 is 0 Å². The van der Waals surface area contributed by atoms with Crippen molar-refractivity contribution in [1.82, 2.24) is 9.55 Å². The summed E-state index contributed by atoms with van der Waals surface area (Å²) < 4.78 is 2.31. The van der Waals surface area contributed by atoms with Crippen molar-refractivity contribution in [3.8, 4) is 39.3 Å². The fraction of sp³-hybridized carbons (Fsp3) is 0. The van der Waals surface area contributed by atoms with E-state index in [1.54, 1.807) is 0 Å². The maximum Gasteiger partial charge on any atom is 0.145 e. The Labute approximate surface area is 261 Å². The molecule has 0 amide bonds. The van der Waals surface area contributed by atoms with Gasteiger partial charge in [-0.25, -0.2) is 4.98 Å². The second-order valence-corrected chi connectivity index (χ2v) is 11.6. The van der Waals surface area contributed by atoms with Crippen molar-refractivity contribution >= 4 is 43.4 Å². The number of nitrogens with zero attached hydrogens (tertiary/aromatic N) is 2. The molecule has 1 aromatic heterocycles. The molecule has 8 aromatic carbocycles. The van der Waals surface area contributed by atoms with Crippen molar-refractivity contribution < 1.29 is 0 Å². The average Bonchev–Trinajstić information content (AvgIpc) is 3.50. The van der Waals surface area contributed by atoms with E-state index in [0.717, 1.165) is 28.1 Å². The molecular weight excluding hydrogens is 544 g/mol. The summed E-state index contributed by atoms with van der Waals surface area (Å²) in [6, 6.07) is 61.0. The molecule has 0 atom stereocenters. The molecule has 0 saturated carbocycles. The Morgan fingerprint density at radius 3 is 1.49 bits per heavy atom. The van der Waals surface area contributed by atoms with Crippen molar-refractivity contribution in [3.63, 3.8) is 0 Å². The van der Waals surface area contributed by atoms with Crippen LogP contribution >= 0.6 is 0 Å². The molecule has 0 radical (unpaired) electrons. The van der Waals surface area contributed by atoms with Crippen LogP contribution in [0.15, 0.2) is 170 Å². The van der Waals surface area contributed by atoms with Crippen LogP contribution in [0.1, 0.15) is 0 Å². The summed E-state index contributed by atoms with van der Waals surface area (Å²) in [7, 11) is 0. The van der Waals surface area contributed by atoms with E-state index >= 15 is 0 Å². The van der Waals surface area contributed by atoms with Gasteiger partial charge in [0.2, 0.25) is 0 Å². The zero-order valence-electron chi connectivity index (χ0n) is 24.6. The lowest BCUT2D eigenvalue weighted by Gasteiger charge is -2.20. The normalized spacial score (nSPS) is 11.6. The second kappa shape index (κ2) is 10.3. The minimum Gasteiger partial charge on any atom is -0.292 e. The van der Waals surface area contributed by atoms with E-state index in [9.17, 15) is 0 Å². The molecule has 0 bridgehead atoms. The summed E-state index contributed by atoms with van der Waals surface area (Å²) in [5.74, 6) is 0.937. The van der Waals surface area contributed by atoms with Crippen molar-refractivity contribution in [3.05, 3.63) is 170 Å². The number of benzene rings is 8. The number of fused-ring (bicyclic) bond motifs is 4. The van der Waals surface area contributed by atoms with E-state index in [0.29, 0.717) is 0 Å². The largest absolute Gasteiger partial charge is 0.292 e. The molecule has 0 aliphatic carbocycles. The lowest BCUT2D eigenvalue weighted by Crippen LogP contribution is -1.99. The molecule has 2 nitrogen and oxygen atoms in total. The van der Waals surface area contributed by atoms with Crippen LogP contribution in [0.4, 0.5) is 0 Å². The molecule has 0 spiro atoms. The number of hydrogen-bond acceptors (Lipinski definition) is 1. The van der Waals surface area contributed by atoms with E-state index in [1.165, 1.54) is 54.6 Å². The molecule has 1 heterocycles. The first-order chi connectivity index (χ1) is 22.3. The standard InChI is InChI=1S/C43H28N2/c1-4-14-29(15-5-1)41-35-25-24-34(45-40-23-13-12-22-39(40)44-43(45)31-18-8-3-9-19-31)28-38(35)42(30-16-6-2-7-17-30)37-27-33-21-11-10-20-32(33)26-36(37)41/h1-28H. The molecule has 45 heavy (non-hydrogen) atoms. The van der Waals surface area contributed by atoms with Crippen LogP contribution in [-0.4, -0.2) is 9.55 Å². The first-order valence-electron chi connectivity index (χ1n) is 15.4. The van der Waals surface area contributed by atoms with Crippen LogP contribution in [0, 0.1) is 0 Å². The highest BCUT2D eigenvalue weighted by atomic mass is 15.1. The van der Waals surface area contributed by atoms with Gasteiger partial charge in [0.1, 0.15) is 5.82 Å². The zero-order chi connectivity index (χ0) is 29.7. The molecule has 0 aliphatic rings. The van der Waals surface area contributed by atoms with Crippen LogP contribution in [-0.2, 0) is 0 Å². The molecule has 9 rings (SSSR count). The number of hydrogen-bond donors (Lipinski definition) is 0. The smallest absolute Gasteiger partial charge is 0.145 e. The SMILES string of the molecule is c1ccc(-c2c3ccc(-n4c(-c5ccccc5)nc5ccccc54)cc3c(-c3ccccc3)c3cc4ccccc4cc23)cc1. The zero-order valence-corrected chi connectivity index (χ0v) is 24.6. The van der Waals surface area contributed by atoms with Crippen LogP contribution in [0.3, 0.4) is 0 Å². The molecule has 9 aromatic rings. The van der Waals surface area contributed by atoms with Gasteiger partial charge >= 0.3 is 0 Å². The Morgan fingerprint density at radius 1 is 0.378 bits per heavy atom. The van der Waals surface area contributed by atoms with E-state index in [1.807, 2.05) is 0 Å². The first-order valence-corrected chi connectivity index (χ1v) is 15.4. The number of para-hydroxylation sites is 2. The quantitative estimate of drug-likeness (QED) is 0.192. The minimum absolute atomic E-state index is 0.937. The molecule has 0 N–H and O–H groups in total. The third-order valence-corrected chi connectivity index (χ3v) is 8.94. The lowest BCUT2D eigenvalue weighted by atomic mass is 9.84. The fourth-order valence-corrected chi connectivity index (χ4v) is 6.94. The van der Waals surface area contributed by atoms with Gasteiger partial charge in [-0.05, 0) is 91.0 Å². The summed E-state index contributed by atoms with van der Waals surface area (Å²) in [5.41, 5.74) is 9.18. The van der Waals surface area contributed by atoms with Gasteiger partial charge in [-0.3, -0.25) is 4.57 Å². The van der Waals surface area contributed by atoms with Gasteiger partial charge in [0, 0.05) is 11.3 Å². The highest BCUT2D eigenvalue weighted by molar-refractivity contribution is 6.23. The summed E-state index contributed by atoms with van der Waals surface area (Å²) in [4.78, 5) is 5.13. The third-order valence-electron chi connectivity index (χ3n) is 8.94. The van der Waals surface area contributed by atoms with Crippen molar-refractivity contribution in [1.29, 1.82) is 0 Å². The Bertz CT molecular complexity index is 2510. The number of imidazole rings is 1. The maximum absolute atomic E-state index is 5.13. The summed E-state index contributed by atoms with van der Waals surface area (Å²) in [6.45, 7) is 0. The molecule has 210 valence electrons. The monoisotopic (exact) mass is 572 g/mol. The van der Waals surface area contributed by atoms with E-state index in [4.69, 9.17) is 4.98 Å². The third kappa shape index (κ3) is 4.15. The van der Waals surface area contributed by atoms with Crippen LogP contribution in [0.2, 0.25) is 0 Å². The van der Waals surface area contributed by atoms with Crippen LogP contribution in [0.25, 0.3) is 82.7 Å². The van der Waals surface area contributed by atoms with Crippen molar-refractivity contribution in [2.75, 3.05) is 0 Å². The highest BCUT2D eigenvalue weighted by Crippen LogP contribution is 2.46. The van der Waals surface area contributed by atoms with Gasteiger partial charge in [-0.15, -0.1) is 0 Å². The van der Waals surface area contributed by atoms with E-state index in [2.05, 4.69) is 174 Å². The van der Waals surface area contributed by atoms with Gasteiger partial charge in [-0.2, -0.15) is 0 Å². The summed E-state index contributed by atoms with van der Waals surface area (Å²) in [6.07, 6.45) is 0. The highest BCUT2D eigenvalue weighted by Gasteiger charge is 2.20. The maximum atomic E-state index is 5.13. The fourth-order valence-electron chi connectivity index (χ4n) is 6.94. The first kappa shape index (κ1) is 25.5. The molecular formula is C43H28N2. The van der Waals surface area contributed by atoms with Crippen LogP contribution in [0.5, 0.6) is 0 Å². The second-order valence-electron chi connectivity index (χ2n) is 11.6. The predicted molar refractivity (Wildman–Crippen MR) is 190 cm³/mol. The Balaban J connectivity index is 1.46. The van der Waals surface area contributed by atoms with E-state index < -0.39 is 0 Å². The van der Waals surface area contributed by atoms with Gasteiger partial charge in [-0.1, -0.05) is 133 Å². The molecule has 2 heteroatoms. The Hall–Kier alpha value is -5.99. The van der Waals surface area contributed by atoms with Gasteiger partial charge in [0.05, 0.1) is 11.0 Å². The average molecular weight is 573 g/mol. The van der Waals surface area contributed by atoms with E-state index in [-0.39, 0.29) is 0 Å². The van der Waals surface area contributed by atoms with Gasteiger partial charge in [0.15, 0.2) is 0 Å². The molecule has 0 fully saturated rings. The summed E-state index contributed by atoms with van der Waals surface area (Å²) >= 11 is 0. The van der Waals surface area contributed by atoms with Crippen molar-refractivity contribution in [2.24, 2.45) is 0 Å². The molecule has 0 aliphatic heterocycles. The Kier molecular flexibility index (Phi) is 5.85. The van der Waals surface area contributed by atoms with Crippen LogP contribution < -0.4 is 0 Å². The summed E-state index contributed by atoms with van der Waals surface area (Å²) in [5, 5.41) is 7.45. The molecule has 0 saturated heterocycles. The number of rotatable bonds is 4. The Morgan fingerprint density at radius 2 is 0.867 bits per heavy atom. The topological polar surface area (TPSA) is 17.8 Å². The van der Waals surface area contributed by atoms with Gasteiger partial charge in [0.25, 0.3) is 0 Å². The van der Waals surface area contributed by atoms with Crippen molar-refractivity contribution in [2.45, 2.75) is 0 Å².